The molecule has 0 aliphatic heterocycles. The summed E-state index contributed by atoms with van der Waals surface area (Å²) in [5.41, 5.74) is 1.90. The molecule has 1 fully saturated rings. The second kappa shape index (κ2) is 7.41. The Morgan fingerprint density at radius 1 is 1.38 bits per heavy atom. The summed E-state index contributed by atoms with van der Waals surface area (Å²) in [6.45, 7) is 7.83. The molecule has 0 atom stereocenters. The maximum atomic E-state index is 11.2. The first-order valence-corrected chi connectivity index (χ1v) is 7.88. The minimum Gasteiger partial charge on any atom is -0.379 e. The highest BCUT2D eigenvalue weighted by Gasteiger charge is 2.25. The highest BCUT2D eigenvalue weighted by atomic mass is 16.6. The van der Waals surface area contributed by atoms with Crippen molar-refractivity contribution in [3.63, 3.8) is 0 Å². The number of rotatable bonds is 9. The number of nitro benzene ring substituents is 1. The number of nitro groups is 1. The van der Waals surface area contributed by atoms with Crippen LogP contribution in [0.15, 0.2) is 18.2 Å². The van der Waals surface area contributed by atoms with Crippen LogP contribution >= 0.6 is 0 Å². The van der Waals surface area contributed by atoms with E-state index in [1.54, 1.807) is 12.1 Å². The van der Waals surface area contributed by atoms with Gasteiger partial charge < -0.3 is 5.32 Å². The van der Waals surface area contributed by atoms with E-state index in [0.29, 0.717) is 5.69 Å². The number of para-hydroxylation sites is 1. The first-order valence-electron chi connectivity index (χ1n) is 7.88. The summed E-state index contributed by atoms with van der Waals surface area (Å²) in [5, 5.41) is 14.5. The van der Waals surface area contributed by atoms with Crippen LogP contribution in [0.1, 0.15) is 38.7 Å². The lowest BCUT2D eigenvalue weighted by atomic mass is 10.1. The standard InChI is InChI=1S/C16H25N3O2/c1-3-10-17-16-14(6-5-7-15(16)19(20)21)12-18(4-2)11-13-8-9-13/h5-7,13,17H,3-4,8-12H2,1-2H3. The molecule has 0 amide bonds. The highest BCUT2D eigenvalue weighted by Crippen LogP contribution is 2.32. The van der Waals surface area contributed by atoms with Crippen molar-refractivity contribution in [2.75, 3.05) is 25.0 Å². The third-order valence-electron chi connectivity index (χ3n) is 3.93. The van der Waals surface area contributed by atoms with Crippen molar-refractivity contribution >= 4 is 11.4 Å². The van der Waals surface area contributed by atoms with Crippen LogP contribution in [0.2, 0.25) is 0 Å². The molecule has 5 nitrogen and oxygen atoms in total. The molecule has 1 aromatic rings. The van der Waals surface area contributed by atoms with Crippen LogP contribution in [0, 0.1) is 16.0 Å². The van der Waals surface area contributed by atoms with Crippen molar-refractivity contribution in [1.29, 1.82) is 0 Å². The van der Waals surface area contributed by atoms with Gasteiger partial charge in [0.05, 0.1) is 4.92 Å². The number of benzene rings is 1. The van der Waals surface area contributed by atoms with Gasteiger partial charge in [-0.1, -0.05) is 26.0 Å². The van der Waals surface area contributed by atoms with Gasteiger partial charge in [0.25, 0.3) is 5.69 Å². The Labute approximate surface area is 126 Å². The molecule has 0 unspecified atom stereocenters. The molecule has 1 aromatic carbocycles. The average Bonchev–Trinajstić information content (AvgIpc) is 3.28. The predicted molar refractivity (Wildman–Crippen MR) is 85.6 cm³/mol. The molecule has 0 saturated heterocycles. The van der Waals surface area contributed by atoms with E-state index in [9.17, 15) is 10.1 Å². The Morgan fingerprint density at radius 3 is 2.71 bits per heavy atom. The molecule has 116 valence electrons. The third kappa shape index (κ3) is 4.43. The largest absolute Gasteiger partial charge is 0.379 e. The quantitative estimate of drug-likeness (QED) is 0.557. The SMILES string of the molecule is CCCNc1c(CN(CC)CC2CC2)cccc1[N+](=O)[O-]. The minimum absolute atomic E-state index is 0.184. The summed E-state index contributed by atoms with van der Waals surface area (Å²) in [4.78, 5) is 13.3. The van der Waals surface area contributed by atoms with Gasteiger partial charge in [0.1, 0.15) is 5.69 Å². The van der Waals surface area contributed by atoms with Crippen molar-refractivity contribution in [3.8, 4) is 0 Å². The van der Waals surface area contributed by atoms with E-state index in [-0.39, 0.29) is 10.6 Å². The molecule has 0 aromatic heterocycles. The van der Waals surface area contributed by atoms with Crippen LogP contribution in [-0.2, 0) is 6.54 Å². The van der Waals surface area contributed by atoms with Crippen molar-refractivity contribution < 1.29 is 4.92 Å². The molecule has 0 spiro atoms. The van der Waals surface area contributed by atoms with Gasteiger partial charge >= 0.3 is 0 Å². The van der Waals surface area contributed by atoms with Crippen LogP contribution in [0.4, 0.5) is 11.4 Å². The molecule has 0 radical (unpaired) electrons. The Kier molecular flexibility index (Phi) is 5.56. The van der Waals surface area contributed by atoms with E-state index in [2.05, 4.69) is 24.1 Å². The molecule has 5 heteroatoms. The van der Waals surface area contributed by atoms with E-state index < -0.39 is 0 Å². The second-order valence-electron chi connectivity index (χ2n) is 5.77. The molecule has 2 rings (SSSR count). The third-order valence-corrected chi connectivity index (χ3v) is 3.93. The molecule has 0 bridgehead atoms. The Balaban J connectivity index is 2.18. The van der Waals surface area contributed by atoms with Crippen LogP contribution in [-0.4, -0.2) is 29.5 Å². The van der Waals surface area contributed by atoms with Crippen LogP contribution in [0.5, 0.6) is 0 Å². The lowest BCUT2D eigenvalue weighted by Gasteiger charge is -2.22. The summed E-state index contributed by atoms with van der Waals surface area (Å²) in [7, 11) is 0. The fraction of sp³-hybridized carbons (Fsp3) is 0.625. The zero-order chi connectivity index (χ0) is 15.2. The normalized spacial score (nSPS) is 14.4. The van der Waals surface area contributed by atoms with Crippen LogP contribution < -0.4 is 5.32 Å². The molecule has 1 aliphatic carbocycles. The van der Waals surface area contributed by atoms with E-state index >= 15 is 0 Å². The van der Waals surface area contributed by atoms with Gasteiger partial charge in [-0.25, -0.2) is 0 Å². The number of anilines is 1. The minimum atomic E-state index is -0.293. The fourth-order valence-electron chi connectivity index (χ4n) is 2.54. The Hall–Kier alpha value is -1.62. The Bertz CT molecular complexity index is 486. The number of nitrogens with zero attached hydrogens (tertiary/aromatic N) is 2. The highest BCUT2D eigenvalue weighted by molar-refractivity contribution is 5.66. The van der Waals surface area contributed by atoms with Crippen molar-refractivity contribution in [2.24, 2.45) is 5.92 Å². The van der Waals surface area contributed by atoms with Crippen molar-refractivity contribution in [2.45, 2.75) is 39.7 Å². The maximum Gasteiger partial charge on any atom is 0.292 e. The monoisotopic (exact) mass is 291 g/mol. The molecule has 21 heavy (non-hydrogen) atoms. The first kappa shape index (κ1) is 15.8. The van der Waals surface area contributed by atoms with Crippen LogP contribution in [0.3, 0.4) is 0 Å². The summed E-state index contributed by atoms with van der Waals surface area (Å²) in [5.74, 6) is 0.829. The predicted octanol–water partition coefficient (Wildman–Crippen LogP) is 3.65. The lowest BCUT2D eigenvalue weighted by Crippen LogP contribution is -2.26. The molecule has 1 N–H and O–H groups in total. The fourth-order valence-corrected chi connectivity index (χ4v) is 2.54. The van der Waals surface area contributed by atoms with E-state index in [1.807, 2.05) is 6.07 Å². The zero-order valence-corrected chi connectivity index (χ0v) is 13.0. The van der Waals surface area contributed by atoms with Gasteiger partial charge in [0, 0.05) is 25.7 Å². The van der Waals surface area contributed by atoms with Crippen molar-refractivity contribution in [1.82, 2.24) is 4.90 Å². The summed E-state index contributed by atoms with van der Waals surface area (Å²) >= 11 is 0. The summed E-state index contributed by atoms with van der Waals surface area (Å²) in [6, 6.07) is 5.37. The maximum absolute atomic E-state index is 11.2. The molecular formula is C16H25N3O2. The Morgan fingerprint density at radius 2 is 2.14 bits per heavy atom. The first-order chi connectivity index (χ1) is 10.2. The molecule has 1 saturated carbocycles. The van der Waals surface area contributed by atoms with Gasteiger partial charge in [-0.15, -0.1) is 0 Å². The topological polar surface area (TPSA) is 58.4 Å². The molecule has 1 aliphatic rings. The van der Waals surface area contributed by atoms with Crippen molar-refractivity contribution in [3.05, 3.63) is 33.9 Å². The van der Waals surface area contributed by atoms with E-state index in [1.165, 1.54) is 12.8 Å². The number of hydrogen-bond acceptors (Lipinski definition) is 4. The zero-order valence-electron chi connectivity index (χ0n) is 13.0. The summed E-state index contributed by atoms with van der Waals surface area (Å²) < 4.78 is 0. The van der Waals surface area contributed by atoms with Gasteiger partial charge in [-0.3, -0.25) is 15.0 Å². The number of hydrogen-bond donors (Lipinski definition) is 1. The van der Waals surface area contributed by atoms with E-state index in [4.69, 9.17) is 0 Å². The number of nitrogens with one attached hydrogen (secondary N) is 1. The molecule has 0 heterocycles. The second-order valence-corrected chi connectivity index (χ2v) is 5.77. The van der Waals surface area contributed by atoms with Gasteiger partial charge in [0.2, 0.25) is 0 Å². The van der Waals surface area contributed by atoms with Crippen LogP contribution in [0.25, 0.3) is 0 Å². The van der Waals surface area contributed by atoms with E-state index in [0.717, 1.165) is 44.1 Å². The summed E-state index contributed by atoms with van der Waals surface area (Å²) in [6.07, 6.45) is 3.60. The van der Waals surface area contributed by atoms with Gasteiger partial charge in [0.15, 0.2) is 0 Å². The molecular weight excluding hydrogens is 266 g/mol. The average molecular weight is 291 g/mol. The lowest BCUT2D eigenvalue weighted by molar-refractivity contribution is -0.384. The smallest absolute Gasteiger partial charge is 0.292 e. The van der Waals surface area contributed by atoms with Gasteiger partial charge in [-0.2, -0.15) is 0 Å². The van der Waals surface area contributed by atoms with Gasteiger partial charge in [-0.05, 0) is 37.3 Å².